The van der Waals surface area contributed by atoms with Crippen LogP contribution in [0.3, 0.4) is 0 Å². The van der Waals surface area contributed by atoms with E-state index in [1.54, 1.807) is 29.0 Å². The Balaban J connectivity index is 2.79. The van der Waals surface area contributed by atoms with Gasteiger partial charge in [-0.1, -0.05) is 6.07 Å². The molecule has 1 amide bonds. The number of rotatable bonds is 5. The summed E-state index contributed by atoms with van der Waals surface area (Å²) in [7, 11) is 1.73. The smallest absolute Gasteiger partial charge is 0.242 e. The van der Waals surface area contributed by atoms with E-state index in [2.05, 4.69) is 0 Å². The van der Waals surface area contributed by atoms with Crippen molar-refractivity contribution in [2.75, 3.05) is 37.3 Å². The molecular weight excluding hydrogens is 233 g/mol. The van der Waals surface area contributed by atoms with Gasteiger partial charge in [-0.2, -0.15) is 0 Å². The van der Waals surface area contributed by atoms with Gasteiger partial charge in [0.05, 0.1) is 17.9 Å². The normalized spacial score (nSPS) is 10.2. The van der Waals surface area contributed by atoms with Gasteiger partial charge in [-0.05, 0) is 26.0 Å². The maximum absolute atomic E-state index is 13.3. The molecule has 0 aromatic heterocycles. The molecule has 0 saturated carbocycles. The lowest BCUT2D eigenvalue weighted by Crippen LogP contribution is -2.39. The summed E-state index contributed by atoms with van der Waals surface area (Å²) in [6, 6.07) is 4.59. The number of amides is 1. The number of nitrogen functional groups attached to an aromatic ring is 1. The molecule has 18 heavy (non-hydrogen) atoms. The zero-order valence-electron chi connectivity index (χ0n) is 11.1. The number of nitrogens with two attached hydrogens (primary N) is 1. The minimum atomic E-state index is -0.463. The average molecular weight is 253 g/mol. The van der Waals surface area contributed by atoms with Crippen molar-refractivity contribution in [3.63, 3.8) is 0 Å². The van der Waals surface area contributed by atoms with Crippen LogP contribution in [0.5, 0.6) is 0 Å². The van der Waals surface area contributed by atoms with Crippen LogP contribution in [0.25, 0.3) is 0 Å². The molecule has 0 aliphatic rings. The fourth-order valence-corrected chi connectivity index (χ4v) is 1.82. The summed E-state index contributed by atoms with van der Waals surface area (Å²) >= 11 is 0. The summed E-state index contributed by atoms with van der Waals surface area (Å²) in [5.74, 6) is -0.458. The average Bonchev–Trinajstić information content (AvgIpc) is 2.34. The summed E-state index contributed by atoms with van der Waals surface area (Å²) < 4.78 is 13.3. The third kappa shape index (κ3) is 3.12. The highest BCUT2D eigenvalue weighted by molar-refractivity contribution is 5.83. The van der Waals surface area contributed by atoms with Crippen LogP contribution in [0.2, 0.25) is 0 Å². The predicted octanol–water partition coefficient (Wildman–Crippen LogP) is 1.71. The summed E-state index contributed by atoms with van der Waals surface area (Å²) in [4.78, 5) is 15.3. The lowest BCUT2D eigenvalue weighted by Gasteiger charge is -2.25. The molecule has 1 aromatic carbocycles. The van der Waals surface area contributed by atoms with Crippen LogP contribution in [0, 0.1) is 5.82 Å². The standard InChI is InChI=1S/C13H20FN3O/c1-4-17(5-2)12(18)9-16(3)11-8-6-7-10(14)13(11)15/h6-8H,4-5,9,15H2,1-3H3. The third-order valence-corrected chi connectivity index (χ3v) is 2.93. The quantitative estimate of drug-likeness (QED) is 0.813. The Morgan fingerprint density at radius 1 is 1.33 bits per heavy atom. The van der Waals surface area contributed by atoms with E-state index < -0.39 is 5.82 Å². The van der Waals surface area contributed by atoms with Gasteiger partial charge < -0.3 is 15.5 Å². The van der Waals surface area contributed by atoms with Gasteiger partial charge in [0.15, 0.2) is 0 Å². The van der Waals surface area contributed by atoms with Crippen LogP contribution >= 0.6 is 0 Å². The molecule has 0 saturated heterocycles. The van der Waals surface area contributed by atoms with Crippen molar-refractivity contribution in [1.82, 2.24) is 4.90 Å². The van der Waals surface area contributed by atoms with Crippen LogP contribution in [-0.4, -0.2) is 37.5 Å². The second-order valence-electron chi connectivity index (χ2n) is 4.09. The fraction of sp³-hybridized carbons (Fsp3) is 0.462. The highest BCUT2D eigenvalue weighted by Gasteiger charge is 2.15. The number of hydrogen-bond donors (Lipinski definition) is 1. The van der Waals surface area contributed by atoms with E-state index in [1.807, 2.05) is 13.8 Å². The Hall–Kier alpha value is -1.78. The molecule has 0 unspecified atom stereocenters. The minimum Gasteiger partial charge on any atom is -0.395 e. The summed E-state index contributed by atoms with van der Waals surface area (Å²) in [6.45, 7) is 5.38. The van der Waals surface area contributed by atoms with E-state index in [1.165, 1.54) is 6.07 Å². The molecular formula is C13H20FN3O. The maximum atomic E-state index is 13.3. The minimum absolute atomic E-state index is 0.00570. The second-order valence-corrected chi connectivity index (χ2v) is 4.09. The molecule has 0 radical (unpaired) electrons. The lowest BCUT2D eigenvalue weighted by molar-refractivity contribution is -0.129. The van der Waals surface area contributed by atoms with Gasteiger partial charge in [-0.25, -0.2) is 4.39 Å². The number of carbonyl (C=O) groups excluding carboxylic acids is 1. The van der Waals surface area contributed by atoms with Gasteiger partial charge in [-0.15, -0.1) is 0 Å². The Labute approximate surface area is 107 Å². The molecule has 2 N–H and O–H groups in total. The molecule has 0 atom stereocenters. The largest absolute Gasteiger partial charge is 0.395 e. The lowest BCUT2D eigenvalue weighted by atomic mass is 10.2. The fourth-order valence-electron chi connectivity index (χ4n) is 1.82. The number of nitrogens with zero attached hydrogens (tertiary/aromatic N) is 2. The summed E-state index contributed by atoms with van der Waals surface area (Å²) in [6.07, 6.45) is 0. The highest BCUT2D eigenvalue weighted by atomic mass is 19.1. The van der Waals surface area contributed by atoms with Gasteiger partial charge in [0.1, 0.15) is 5.82 Å². The van der Waals surface area contributed by atoms with Crippen molar-refractivity contribution in [2.24, 2.45) is 0 Å². The zero-order chi connectivity index (χ0) is 13.7. The first-order chi connectivity index (χ1) is 8.51. The third-order valence-electron chi connectivity index (χ3n) is 2.93. The van der Waals surface area contributed by atoms with E-state index in [9.17, 15) is 9.18 Å². The van der Waals surface area contributed by atoms with Crippen molar-refractivity contribution >= 4 is 17.3 Å². The van der Waals surface area contributed by atoms with Crippen molar-refractivity contribution in [3.05, 3.63) is 24.0 Å². The SMILES string of the molecule is CCN(CC)C(=O)CN(C)c1cccc(F)c1N. The van der Waals surface area contributed by atoms with Crippen molar-refractivity contribution in [1.29, 1.82) is 0 Å². The molecule has 5 heteroatoms. The van der Waals surface area contributed by atoms with Crippen LogP contribution in [0.15, 0.2) is 18.2 Å². The molecule has 1 rings (SSSR count). The number of para-hydroxylation sites is 1. The second kappa shape index (κ2) is 6.23. The van der Waals surface area contributed by atoms with E-state index in [0.717, 1.165) is 0 Å². The monoisotopic (exact) mass is 253 g/mol. The van der Waals surface area contributed by atoms with Crippen molar-refractivity contribution in [2.45, 2.75) is 13.8 Å². The Morgan fingerprint density at radius 2 is 1.94 bits per heavy atom. The molecule has 0 fully saturated rings. The summed E-state index contributed by atoms with van der Waals surface area (Å²) in [5, 5.41) is 0. The Kier molecular flexibility index (Phi) is 4.95. The van der Waals surface area contributed by atoms with E-state index in [4.69, 9.17) is 5.73 Å². The maximum Gasteiger partial charge on any atom is 0.242 e. The molecule has 0 aliphatic carbocycles. The van der Waals surface area contributed by atoms with Crippen LogP contribution in [-0.2, 0) is 4.79 Å². The first kappa shape index (κ1) is 14.3. The molecule has 1 aromatic rings. The summed E-state index contributed by atoms with van der Waals surface area (Å²) in [5.41, 5.74) is 6.27. The van der Waals surface area contributed by atoms with Gasteiger partial charge in [0.2, 0.25) is 5.91 Å². The van der Waals surface area contributed by atoms with Crippen molar-refractivity contribution < 1.29 is 9.18 Å². The number of benzene rings is 1. The van der Waals surface area contributed by atoms with E-state index in [-0.39, 0.29) is 18.1 Å². The molecule has 0 bridgehead atoms. The van der Waals surface area contributed by atoms with Crippen LogP contribution < -0.4 is 10.6 Å². The van der Waals surface area contributed by atoms with Gasteiger partial charge in [-0.3, -0.25) is 4.79 Å². The first-order valence-electron chi connectivity index (χ1n) is 6.04. The van der Waals surface area contributed by atoms with Gasteiger partial charge in [0, 0.05) is 20.1 Å². The molecule has 0 aliphatic heterocycles. The number of halogens is 1. The topological polar surface area (TPSA) is 49.6 Å². The van der Waals surface area contributed by atoms with Gasteiger partial charge in [0.25, 0.3) is 0 Å². The highest BCUT2D eigenvalue weighted by Crippen LogP contribution is 2.24. The Bertz CT molecular complexity index is 419. The van der Waals surface area contributed by atoms with Crippen LogP contribution in [0.1, 0.15) is 13.8 Å². The number of anilines is 2. The molecule has 4 nitrogen and oxygen atoms in total. The predicted molar refractivity (Wildman–Crippen MR) is 72.0 cm³/mol. The molecule has 0 spiro atoms. The van der Waals surface area contributed by atoms with Crippen molar-refractivity contribution in [3.8, 4) is 0 Å². The number of carbonyl (C=O) groups is 1. The zero-order valence-corrected chi connectivity index (χ0v) is 11.1. The van der Waals surface area contributed by atoms with Crippen LogP contribution in [0.4, 0.5) is 15.8 Å². The first-order valence-corrected chi connectivity index (χ1v) is 6.04. The molecule has 0 heterocycles. The Morgan fingerprint density at radius 3 is 2.50 bits per heavy atom. The molecule has 100 valence electrons. The van der Waals surface area contributed by atoms with E-state index in [0.29, 0.717) is 18.8 Å². The number of hydrogen-bond acceptors (Lipinski definition) is 3. The number of likely N-dealkylation sites (N-methyl/N-ethyl adjacent to an activating group) is 2. The van der Waals surface area contributed by atoms with Gasteiger partial charge >= 0.3 is 0 Å². The van der Waals surface area contributed by atoms with E-state index >= 15 is 0 Å².